The van der Waals surface area contributed by atoms with Gasteiger partial charge >= 0.3 is 0 Å². The van der Waals surface area contributed by atoms with E-state index in [1.54, 1.807) is 6.33 Å². The fourth-order valence-corrected chi connectivity index (χ4v) is 1.91. The molecular formula is C14H21N5. The highest BCUT2D eigenvalue weighted by Crippen LogP contribution is 2.01. The zero-order chi connectivity index (χ0) is 13.5. The Hall–Kier alpha value is -1.75. The van der Waals surface area contributed by atoms with Gasteiger partial charge in [0.1, 0.15) is 12.2 Å². The van der Waals surface area contributed by atoms with Crippen molar-refractivity contribution >= 4 is 0 Å². The van der Waals surface area contributed by atoms with Gasteiger partial charge < -0.3 is 5.32 Å². The van der Waals surface area contributed by atoms with E-state index in [9.17, 15) is 0 Å². The molecule has 0 fully saturated rings. The first-order chi connectivity index (χ1) is 9.25. The predicted molar refractivity (Wildman–Crippen MR) is 74.5 cm³/mol. The maximum absolute atomic E-state index is 4.29. The lowest BCUT2D eigenvalue weighted by Gasteiger charge is -2.09. The topological polar surface area (TPSA) is 55.6 Å². The molecule has 19 heavy (non-hydrogen) atoms. The molecule has 2 aromatic heterocycles. The number of hydrogen-bond donors (Lipinski definition) is 1. The fourth-order valence-electron chi connectivity index (χ4n) is 1.91. The minimum absolute atomic E-state index is 0.581. The number of nitrogens with zero attached hydrogens (tertiary/aromatic N) is 4. The van der Waals surface area contributed by atoms with E-state index in [1.807, 2.05) is 29.2 Å². The van der Waals surface area contributed by atoms with E-state index in [0.717, 1.165) is 31.9 Å². The average Bonchev–Trinajstić information content (AvgIpc) is 2.82. The largest absolute Gasteiger partial charge is 0.310 e. The van der Waals surface area contributed by atoms with Gasteiger partial charge in [-0.05, 0) is 36.6 Å². The smallest absolute Gasteiger partial charge is 0.140 e. The molecule has 2 rings (SSSR count). The van der Waals surface area contributed by atoms with Crippen molar-refractivity contribution in [1.29, 1.82) is 0 Å². The summed E-state index contributed by atoms with van der Waals surface area (Å²) >= 11 is 0. The maximum atomic E-state index is 4.29. The number of hydrogen-bond acceptors (Lipinski definition) is 4. The van der Waals surface area contributed by atoms with Crippen LogP contribution in [0.5, 0.6) is 0 Å². The van der Waals surface area contributed by atoms with E-state index < -0.39 is 0 Å². The maximum Gasteiger partial charge on any atom is 0.140 e. The summed E-state index contributed by atoms with van der Waals surface area (Å²) in [7, 11) is 0. The SMILES string of the molecule is CC(C)Cn1ncnc1CNCCc1ccncc1. The molecule has 0 unspecified atom stereocenters. The van der Waals surface area contributed by atoms with Crippen LogP contribution in [0.25, 0.3) is 0 Å². The fraction of sp³-hybridized carbons (Fsp3) is 0.500. The highest BCUT2D eigenvalue weighted by atomic mass is 15.3. The quantitative estimate of drug-likeness (QED) is 0.768. The molecule has 5 nitrogen and oxygen atoms in total. The van der Waals surface area contributed by atoms with Gasteiger partial charge in [0.05, 0.1) is 6.54 Å². The predicted octanol–water partition coefficient (Wildman–Crippen LogP) is 1.66. The minimum Gasteiger partial charge on any atom is -0.310 e. The molecule has 0 aliphatic heterocycles. The summed E-state index contributed by atoms with van der Waals surface area (Å²) in [5, 5.41) is 7.66. The Balaban J connectivity index is 1.75. The second-order valence-corrected chi connectivity index (χ2v) is 5.03. The Morgan fingerprint density at radius 3 is 2.79 bits per heavy atom. The zero-order valence-electron chi connectivity index (χ0n) is 11.6. The third-order valence-electron chi connectivity index (χ3n) is 2.86. The number of nitrogens with one attached hydrogen (secondary N) is 1. The van der Waals surface area contributed by atoms with Gasteiger partial charge in [0, 0.05) is 18.9 Å². The van der Waals surface area contributed by atoms with E-state index in [2.05, 4.69) is 34.2 Å². The molecule has 0 amide bonds. The Labute approximate surface area is 114 Å². The Morgan fingerprint density at radius 2 is 2.05 bits per heavy atom. The number of rotatable bonds is 7. The summed E-state index contributed by atoms with van der Waals surface area (Å²) in [6.07, 6.45) is 6.28. The molecule has 0 saturated heterocycles. The third kappa shape index (κ3) is 4.44. The van der Waals surface area contributed by atoms with Crippen LogP contribution in [0.1, 0.15) is 25.2 Å². The summed E-state index contributed by atoms with van der Waals surface area (Å²) in [6.45, 7) is 6.97. The average molecular weight is 259 g/mol. The van der Waals surface area contributed by atoms with Crippen molar-refractivity contribution < 1.29 is 0 Å². The second-order valence-electron chi connectivity index (χ2n) is 5.03. The normalized spacial score (nSPS) is 11.1. The van der Waals surface area contributed by atoms with Gasteiger partial charge in [-0.2, -0.15) is 5.10 Å². The van der Waals surface area contributed by atoms with Crippen molar-refractivity contribution in [3.8, 4) is 0 Å². The van der Waals surface area contributed by atoms with Gasteiger partial charge in [-0.3, -0.25) is 4.98 Å². The van der Waals surface area contributed by atoms with Crippen LogP contribution >= 0.6 is 0 Å². The van der Waals surface area contributed by atoms with Crippen molar-refractivity contribution in [2.75, 3.05) is 6.54 Å². The molecular weight excluding hydrogens is 238 g/mol. The van der Waals surface area contributed by atoms with Gasteiger partial charge in [-0.15, -0.1) is 0 Å². The third-order valence-corrected chi connectivity index (χ3v) is 2.86. The van der Waals surface area contributed by atoms with Crippen LogP contribution in [0.2, 0.25) is 0 Å². The molecule has 0 aliphatic rings. The number of aromatic nitrogens is 4. The second kappa shape index (κ2) is 6.99. The lowest BCUT2D eigenvalue weighted by atomic mass is 10.2. The molecule has 1 N–H and O–H groups in total. The van der Waals surface area contributed by atoms with Crippen molar-refractivity contribution in [3.63, 3.8) is 0 Å². The lowest BCUT2D eigenvalue weighted by molar-refractivity contribution is 0.458. The monoisotopic (exact) mass is 259 g/mol. The van der Waals surface area contributed by atoms with Crippen LogP contribution < -0.4 is 5.32 Å². The van der Waals surface area contributed by atoms with E-state index in [0.29, 0.717) is 5.92 Å². The van der Waals surface area contributed by atoms with Crippen LogP contribution in [0, 0.1) is 5.92 Å². The number of pyridine rings is 1. The summed E-state index contributed by atoms with van der Waals surface area (Å²) in [5.41, 5.74) is 1.30. The van der Waals surface area contributed by atoms with Crippen LogP contribution in [0.15, 0.2) is 30.9 Å². The first-order valence-corrected chi connectivity index (χ1v) is 6.72. The lowest BCUT2D eigenvalue weighted by Crippen LogP contribution is -2.21. The first kappa shape index (κ1) is 13.7. The molecule has 0 spiro atoms. The van der Waals surface area contributed by atoms with Gasteiger partial charge in [0.2, 0.25) is 0 Å². The Bertz CT molecular complexity index is 478. The molecule has 0 aliphatic carbocycles. The highest BCUT2D eigenvalue weighted by Gasteiger charge is 2.05. The van der Waals surface area contributed by atoms with Crippen molar-refractivity contribution in [2.45, 2.75) is 33.4 Å². The summed E-state index contributed by atoms with van der Waals surface area (Å²) in [5.74, 6) is 1.58. The minimum atomic E-state index is 0.581. The molecule has 0 saturated carbocycles. The molecule has 2 aromatic rings. The summed E-state index contributed by atoms with van der Waals surface area (Å²) < 4.78 is 1.98. The van der Waals surface area contributed by atoms with Gasteiger partial charge in [0.15, 0.2) is 0 Å². The first-order valence-electron chi connectivity index (χ1n) is 6.72. The van der Waals surface area contributed by atoms with Crippen LogP contribution in [-0.4, -0.2) is 26.3 Å². The van der Waals surface area contributed by atoms with Gasteiger partial charge in [-0.25, -0.2) is 9.67 Å². The molecule has 0 radical (unpaired) electrons. The van der Waals surface area contributed by atoms with E-state index in [1.165, 1.54) is 5.56 Å². The molecule has 0 bridgehead atoms. The molecule has 0 aromatic carbocycles. The Morgan fingerprint density at radius 1 is 1.26 bits per heavy atom. The van der Waals surface area contributed by atoms with E-state index >= 15 is 0 Å². The van der Waals surface area contributed by atoms with Crippen LogP contribution in [0.3, 0.4) is 0 Å². The zero-order valence-corrected chi connectivity index (χ0v) is 11.6. The summed E-state index contributed by atoms with van der Waals surface area (Å²) in [4.78, 5) is 8.30. The van der Waals surface area contributed by atoms with Crippen LogP contribution in [-0.2, 0) is 19.5 Å². The van der Waals surface area contributed by atoms with Crippen molar-refractivity contribution in [3.05, 3.63) is 42.2 Å². The highest BCUT2D eigenvalue weighted by molar-refractivity contribution is 5.09. The standard InChI is InChI=1S/C14H21N5/c1-12(2)10-19-14(17-11-18-19)9-16-8-5-13-3-6-15-7-4-13/h3-4,6-7,11-12,16H,5,8-10H2,1-2H3. The van der Waals surface area contributed by atoms with Crippen molar-refractivity contribution in [2.24, 2.45) is 5.92 Å². The molecule has 102 valence electrons. The van der Waals surface area contributed by atoms with Gasteiger partial charge in [-0.1, -0.05) is 13.8 Å². The van der Waals surface area contributed by atoms with E-state index in [-0.39, 0.29) is 0 Å². The summed E-state index contributed by atoms with van der Waals surface area (Å²) in [6, 6.07) is 4.09. The molecule has 5 heteroatoms. The van der Waals surface area contributed by atoms with Crippen molar-refractivity contribution in [1.82, 2.24) is 25.1 Å². The van der Waals surface area contributed by atoms with E-state index in [4.69, 9.17) is 0 Å². The van der Waals surface area contributed by atoms with Crippen LogP contribution in [0.4, 0.5) is 0 Å². The molecule has 2 heterocycles. The van der Waals surface area contributed by atoms with Gasteiger partial charge in [0.25, 0.3) is 0 Å². The Kier molecular flexibility index (Phi) is 5.03. The molecule has 0 atom stereocenters.